The number of nitrogens with zero attached hydrogens (tertiary/aromatic N) is 2. The molecule has 1 fully saturated rings. The molecule has 1 aliphatic heterocycles. The van der Waals surface area contributed by atoms with Crippen molar-refractivity contribution in [2.24, 2.45) is 0 Å². The number of nitrogens with one attached hydrogen (secondary N) is 1. The molecule has 138 valence electrons. The van der Waals surface area contributed by atoms with E-state index in [1.807, 2.05) is 4.90 Å². The lowest BCUT2D eigenvalue weighted by Crippen LogP contribution is -2.43. The maximum absolute atomic E-state index is 12.5. The lowest BCUT2D eigenvalue weighted by molar-refractivity contribution is -0.385. The van der Waals surface area contributed by atoms with Crippen molar-refractivity contribution in [2.45, 2.75) is 31.6 Å². The average Bonchev–Trinajstić information content (AvgIpc) is 3.13. The summed E-state index contributed by atoms with van der Waals surface area (Å²) in [5.41, 5.74) is 0.770. The molecular weight excluding hydrogens is 342 g/mol. The number of rotatable bonds is 9. The number of hydrogen-bond acceptors (Lipinski definition) is 6. The zero-order valence-electron chi connectivity index (χ0n) is 14.7. The fourth-order valence-corrected chi connectivity index (χ4v) is 3.82. The predicted molar refractivity (Wildman–Crippen MR) is 99.1 cm³/mol. The van der Waals surface area contributed by atoms with E-state index in [9.17, 15) is 14.9 Å². The summed E-state index contributed by atoms with van der Waals surface area (Å²) in [5.74, 6) is 1.33. The first-order chi connectivity index (χ1) is 12.1. The van der Waals surface area contributed by atoms with Gasteiger partial charge in [-0.15, -0.1) is 11.8 Å². The highest BCUT2D eigenvalue weighted by Gasteiger charge is 2.25. The first-order valence-electron chi connectivity index (χ1n) is 8.46. The summed E-state index contributed by atoms with van der Waals surface area (Å²) in [4.78, 5) is 25.1. The highest BCUT2D eigenvalue weighted by atomic mass is 32.2. The SMILES string of the molecule is CCCN(C(=O)CSCc1ccc(OC)c([N+](=O)[O-])c1)C1CCNC1. The van der Waals surface area contributed by atoms with Crippen molar-refractivity contribution in [1.82, 2.24) is 10.2 Å². The number of amides is 1. The largest absolute Gasteiger partial charge is 0.490 e. The molecule has 1 N–H and O–H groups in total. The molecule has 0 aromatic heterocycles. The molecular formula is C17H25N3O4S. The number of ether oxygens (including phenoxy) is 1. The predicted octanol–water partition coefficient (Wildman–Crippen LogP) is 2.44. The van der Waals surface area contributed by atoms with Gasteiger partial charge in [0.15, 0.2) is 5.75 Å². The zero-order chi connectivity index (χ0) is 18.2. The van der Waals surface area contributed by atoms with Gasteiger partial charge in [-0.1, -0.05) is 13.0 Å². The van der Waals surface area contributed by atoms with Gasteiger partial charge in [0.1, 0.15) is 0 Å². The molecule has 1 heterocycles. The number of carbonyl (C=O) groups is 1. The Labute approximate surface area is 152 Å². The first-order valence-corrected chi connectivity index (χ1v) is 9.61. The Morgan fingerprint density at radius 2 is 2.32 bits per heavy atom. The highest BCUT2D eigenvalue weighted by molar-refractivity contribution is 7.99. The molecule has 0 aliphatic carbocycles. The van der Waals surface area contributed by atoms with Gasteiger partial charge in [-0.05, 0) is 31.0 Å². The van der Waals surface area contributed by atoms with E-state index in [2.05, 4.69) is 12.2 Å². The molecule has 1 aromatic carbocycles. The maximum Gasteiger partial charge on any atom is 0.311 e. The maximum atomic E-state index is 12.5. The Kier molecular flexibility index (Phi) is 7.52. The minimum atomic E-state index is -0.450. The van der Waals surface area contributed by atoms with Crippen molar-refractivity contribution in [3.05, 3.63) is 33.9 Å². The number of thioether (sulfide) groups is 1. The van der Waals surface area contributed by atoms with Crippen LogP contribution >= 0.6 is 11.8 Å². The standard InChI is InChI=1S/C17H25N3O4S/c1-3-8-19(14-6-7-18-10-14)17(21)12-25-11-13-4-5-16(24-2)15(9-13)20(22)23/h4-5,9,14,18H,3,6-8,10-12H2,1-2H3. The molecule has 1 atom stereocenters. The number of methoxy groups -OCH3 is 1. The third-order valence-electron chi connectivity index (χ3n) is 4.19. The molecule has 0 bridgehead atoms. The van der Waals surface area contributed by atoms with Crippen molar-refractivity contribution in [1.29, 1.82) is 0 Å². The Bertz CT molecular complexity index is 606. The molecule has 0 saturated carbocycles. The fraction of sp³-hybridized carbons (Fsp3) is 0.588. The van der Waals surface area contributed by atoms with Gasteiger partial charge >= 0.3 is 5.69 Å². The van der Waals surface area contributed by atoms with Crippen LogP contribution < -0.4 is 10.1 Å². The summed E-state index contributed by atoms with van der Waals surface area (Å²) >= 11 is 1.49. The van der Waals surface area contributed by atoms with Gasteiger partial charge in [0.25, 0.3) is 0 Å². The van der Waals surface area contributed by atoms with Crippen LogP contribution in [0.25, 0.3) is 0 Å². The van der Waals surface area contributed by atoms with Gasteiger partial charge in [-0.3, -0.25) is 14.9 Å². The van der Waals surface area contributed by atoms with Crippen molar-refractivity contribution < 1.29 is 14.5 Å². The Balaban J connectivity index is 1.91. The second-order valence-corrected chi connectivity index (χ2v) is 6.98. The van der Waals surface area contributed by atoms with Crippen LogP contribution in [0.2, 0.25) is 0 Å². The van der Waals surface area contributed by atoms with E-state index in [1.165, 1.54) is 24.9 Å². The van der Waals surface area contributed by atoms with Crippen LogP contribution in [0, 0.1) is 10.1 Å². The molecule has 1 saturated heterocycles. The van der Waals surface area contributed by atoms with E-state index in [4.69, 9.17) is 4.74 Å². The number of nitro benzene ring substituents is 1. The molecule has 1 unspecified atom stereocenters. The van der Waals surface area contributed by atoms with Crippen LogP contribution in [0.4, 0.5) is 5.69 Å². The molecule has 25 heavy (non-hydrogen) atoms. The Morgan fingerprint density at radius 1 is 1.52 bits per heavy atom. The van der Waals surface area contributed by atoms with Crippen molar-refractivity contribution >= 4 is 23.4 Å². The van der Waals surface area contributed by atoms with E-state index in [-0.39, 0.29) is 23.4 Å². The lowest BCUT2D eigenvalue weighted by Gasteiger charge is -2.28. The minimum absolute atomic E-state index is 0.0448. The second kappa shape index (κ2) is 9.62. The van der Waals surface area contributed by atoms with Gasteiger partial charge in [0.2, 0.25) is 5.91 Å². The van der Waals surface area contributed by atoms with Gasteiger partial charge in [0.05, 0.1) is 17.8 Å². The molecule has 7 nitrogen and oxygen atoms in total. The fourth-order valence-electron chi connectivity index (χ4n) is 2.96. The lowest BCUT2D eigenvalue weighted by atomic mass is 10.2. The van der Waals surface area contributed by atoms with Gasteiger partial charge in [0, 0.05) is 31.0 Å². The summed E-state index contributed by atoms with van der Waals surface area (Å²) in [6, 6.07) is 5.20. The number of carbonyl (C=O) groups excluding carboxylic acids is 1. The summed E-state index contributed by atoms with van der Waals surface area (Å²) in [5, 5.41) is 14.4. The molecule has 0 radical (unpaired) electrons. The number of hydrogen-bond donors (Lipinski definition) is 1. The monoisotopic (exact) mass is 367 g/mol. The van der Waals surface area contributed by atoms with Crippen molar-refractivity contribution in [3.8, 4) is 5.75 Å². The van der Waals surface area contributed by atoms with Crippen LogP contribution in [0.1, 0.15) is 25.3 Å². The van der Waals surface area contributed by atoms with E-state index in [1.54, 1.807) is 12.1 Å². The third kappa shape index (κ3) is 5.34. The molecule has 8 heteroatoms. The van der Waals surface area contributed by atoms with Gasteiger partial charge < -0.3 is 15.0 Å². The summed E-state index contributed by atoms with van der Waals surface area (Å²) in [6.07, 6.45) is 1.94. The highest BCUT2D eigenvalue weighted by Crippen LogP contribution is 2.29. The average molecular weight is 367 g/mol. The van der Waals surface area contributed by atoms with Crippen molar-refractivity contribution in [3.63, 3.8) is 0 Å². The topological polar surface area (TPSA) is 84.7 Å². The molecule has 1 aromatic rings. The summed E-state index contributed by atoms with van der Waals surface area (Å²) in [6.45, 7) is 4.67. The van der Waals surface area contributed by atoms with E-state index < -0.39 is 4.92 Å². The smallest absolute Gasteiger partial charge is 0.311 e. The van der Waals surface area contributed by atoms with Crippen LogP contribution in [-0.4, -0.2) is 54.3 Å². The summed E-state index contributed by atoms with van der Waals surface area (Å²) in [7, 11) is 1.41. The Hall–Kier alpha value is -1.80. The molecule has 1 aliphatic rings. The third-order valence-corrected chi connectivity index (χ3v) is 5.18. The zero-order valence-corrected chi connectivity index (χ0v) is 15.5. The quantitative estimate of drug-likeness (QED) is 0.533. The van der Waals surface area contributed by atoms with Gasteiger partial charge in [-0.2, -0.15) is 0 Å². The van der Waals surface area contributed by atoms with Crippen LogP contribution in [-0.2, 0) is 10.5 Å². The van der Waals surface area contributed by atoms with E-state index >= 15 is 0 Å². The van der Waals surface area contributed by atoms with E-state index in [0.29, 0.717) is 11.5 Å². The van der Waals surface area contributed by atoms with Gasteiger partial charge in [-0.25, -0.2) is 0 Å². The number of nitro groups is 1. The molecule has 0 spiro atoms. The van der Waals surface area contributed by atoms with Crippen molar-refractivity contribution in [2.75, 3.05) is 32.5 Å². The first kappa shape index (κ1) is 19.5. The van der Waals surface area contributed by atoms with Crippen LogP contribution in [0.5, 0.6) is 5.75 Å². The minimum Gasteiger partial charge on any atom is -0.490 e. The molecule has 2 rings (SSSR count). The Morgan fingerprint density at radius 3 is 2.92 bits per heavy atom. The van der Waals surface area contributed by atoms with E-state index in [0.717, 1.165) is 38.0 Å². The molecule has 1 amide bonds. The van der Waals surface area contributed by atoms with Crippen LogP contribution in [0.15, 0.2) is 18.2 Å². The second-order valence-electron chi connectivity index (χ2n) is 5.99. The normalized spacial score (nSPS) is 16.6. The summed E-state index contributed by atoms with van der Waals surface area (Å²) < 4.78 is 5.00. The number of benzene rings is 1. The van der Waals surface area contributed by atoms with Crippen LogP contribution in [0.3, 0.4) is 0 Å².